The number of nitrogens with zero attached hydrogens (tertiary/aromatic N) is 4. The van der Waals surface area contributed by atoms with Crippen LogP contribution in [-0.4, -0.2) is 197 Å². The zero-order chi connectivity index (χ0) is 78.2. The van der Waals surface area contributed by atoms with E-state index >= 15 is 0 Å². The number of methoxy groups -OCH3 is 6. The van der Waals surface area contributed by atoms with Crippen LogP contribution in [0.3, 0.4) is 0 Å². The average Bonchev–Trinajstić information content (AvgIpc) is 0.901. The Kier molecular flexibility index (Phi) is 44.9. The van der Waals surface area contributed by atoms with Crippen LogP contribution in [0.4, 0.5) is 9.59 Å². The summed E-state index contributed by atoms with van der Waals surface area (Å²) in [5.74, 6) is -1.19. The van der Waals surface area contributed by atoms with Crippen molar-refractivity contribution in [2.75, 3.05) is 81.9 Å². The van der Waals surface area contributed by atoms with Gasteiger partial charge < -0.3 is 79.6 Å². The Morgan fingerprint density at radius 2 is 0.673 bits per heavy atom. The summed E-state index contributed by atoms with van der Waals surface area (Å²) in [5, 5.41) is 4.95. The van der Waals surface area contributed by atoms with E-state index in [1.807, 2.05) is 109 Å². The zero-order valence-electron chi connectivity index (χ0n) is 62.9. The summed E-state index contributed by atoms with van der Waals surface area (Å²) in [6.45, 7) is 28.8. The molecule has 26 heteroatoms. The lowest BCUT2D eigenvalue weighted by atomic mass is 10.1. The number of esters is 4. The first-order valence-electron chi connectivity index (χ1n) is 34.0. The van der Waals surface area contributed by atoms with Crippen molar-refractivity contribution < 1.29 is 85.8 Å². The topological polar surface area (TPSA) is 334 Å². The fourth-order valence-electron chi connectivity index (χ4n) is 9.43. The molecule has 0 aromatic heterocycles. The number of alkyl carbamates (subject to hydrolysis) is 2. The van der Waals surface area contributed by atoms with Crippen LogP contribution >= 0.6 is 0 Å². The van der Waals surface area contributed by atoms with Crippen molar-refractivity contribution >= 4 is 59.7 Å². The van der Waals surface area contributed by atoms with Gasteiger partial charge in [0.2, 0.25) is 23.6 Å². The quantitative estimate of drug-likeness (QED) is 0.0184. The molecule has 4 aromatic rings. The minimum absolute atomic E-state index is 0.0322. The molecular formula is C78H112N8O18. The Morgan fingerprint density at radius 3 is 0.942 bits per heavy atom. The highest BCUT2D eigenvalue weighted by atomic mass is 16.6. The van der Waals surface area contributed by atoms with Gasteiger partial charge in [-0.05, 0) is 127 Å². The number of carbonyl (C=O) groups is 10. The number of amides is 6. The van der Waals surface area contributed by atoms with Crippen molar-refractivity contribution in [3.05, 3.63) is 182 Å². The van der Waals surface area contributed by atoms with Gasteiger partial charge >= 0.3 is 36.1 Å². The van der Waals surface area contributed by atoms with E-state index in [9.17, 15) is 47.9 Å². The Bertz CT molecular complexity index is 3290. The van der Waals surface area contributed by atoms with Crippen LogP contribution in [0.2, 0.25) is 0 Å². The first-order chi connectivity index (χ1) is 49.3. The van der Waals surface area contributed by atoms with Crippen LogP contribution in [0.15, 0.2) is 160 Å². The Morgan fingerprint density at radius 1 is 0.394 bits per heavy atom. The van der Waals surface area contributed by atoms with Gasteiger partial charge in [0, 0.05) is 78.0 Å². The van der Waals surface area contributed by atoms with Gasteiger partial charge in [0.25, 0.3) is 0 Å². The van der Waals surface area contributed by atoms with Gasteiger partial charge in [-0.15, -0.1) is 26.3 Å². The Balaban J connectivity index is 0.000000699. The summed E-state index contributed by atoms with van der Waals surface area (Å²) in [7, 11) is 8.21. The van der Waals surface area contributed by atoms with Gasteiger partial charge in [0.05, 0.1) is 42.7 Å². The molecule has 104 heavy (non-hydrogen) atoms. The summed E-state index contributed by atoms with van der Waals surface area (Å²) in [6, 6.07) is 31.3. The maximum Gasteiger partial charge on any atom is 0.408 e. The summed E-state index contributed by atoms with van der Waals surface area (Å²) in [5.41, 5.74) is 14.1. The Hall–Kier alpha value is -10.3. The molecule has 0 spiro atoms. The fourth-order valence-corrected chi connectivity index (χ4v) is 9.43. The van der Waals surface area contributed by atoms with Crippen molar-refractivity contribution in [2.24, 2.45) is 11.5 Å². The van der Waals surface area contributed by atoms with Gasteiger partial charge in [-0.25, -0.2) is 19.2 Å². The summed E-state index contributed by atoms with van der Waals surface area (Å²) in [6.07, 6.45) is 7.95. The smallest absolute Gasteiger partial charge is 0.408 e. The summed E-state index contributed by atoms with van der Waals surface area (Å²) < 4.78 is 39.2. The molecule has 0 unspecified atom stereocenters. The Labute approximate surface area is 614 Å². The van der Waals surface area contributed by atoms with Crippen LogP contribution in [0.5, 0.6) is 11.5 Å². The van der Waals surface area contributed by atoms with E-state index in [0.717, 1.165) is 41.0 Å². The molecule has 6 amide bonds. The average molecular weight is 1450 g/mol. The maximum absolute atomic E-state index is 12.7. The molecule has 0 aliphatic heterocycles. The summed E-state index contributed by atoms with van der Waals surface area (Å²) in [4.78, 5) is 127. The second-order valence-corrected chi connectivity index (χ2v) is 25.4. The third-order valence-corrected chi connectivity index (χ3v) is 14.9. The lowest BCUT2D eigenvalue weighted by Gasteiger charge is -2.24. The SMILES string of the molecule is C=CCN(CCc1ccccc1)C(=O)CC[C@H](N)C(=O)OC.C=CCN(CCc1ccccc1)C(=O)CC[C@H](NC(=O)OC(C)(C)C)C(=O)OC.C=CCN(Cc1ccc(OC)cc1)C(=O)CC[C@H](N)C(=O)OC.C=CCN(Cc1ccc(OC)cc1)C(=O)CC[C@H](NC(=O)OC(C)(C)C)C(=O)OC. The molecule has 0 radical (unpaired) electrons. The molecule has 572 valence electrons. The molecule has 6 N–H and O–H groups in total. The first-order valence-corrected chi connectivity index (χ1v) is 34.0. The van der Waals surface area contributed by atoms with Gasteiger partial charge in [0.15, 0.2) is 0 Å². The van der Waals surface area contributed by atoms with Crippen molar-refractivity contribution in [3.8, 4) is 11.5 Å². The minimum atomic E-state index is -0.986. The van der Waals surface area contributed by atoms with Crippen molar-refractivity contribution in [2.45, 2.75) is 154 Å². The number of nitrogens with two attached hydrogens (primary N) is 2. The minimum Gasteiger partial charge on any atom is -0.497 e. The van der Waals surface area contributed by atoms with E-state index in [0.29, 0.717) is 52.4 Å². The van der Waals surface area contributed by atoms with E-state index in [1.54, 1.807) is 99.7 Å². The second-order valence-electron chi connectivity index (χ2n) is 25.4. The largest absolute Gasteiger partial charge is 0.497 e. The predicted molar refractivity (Wildman–Crippen MR) is 398 cm³/mol. The lowest BCUT2D eigenvalue weighted by Crippen LogP contribution is -2.45. The molecule has 0 saturated heterocycles. The number of hydrogen-bond acceptors (Lipinski definition) is 20. The van der Waals surface area contributed by atoms with E-state index < -0.39 is 71.4 Å². The van der Waals surface area contributed by atoms with Gasteiger partial charge in [0.1, 0.15) is 46.9 Å². The van der Waals surface area contributed by atoms with Crippen molar-refractivity contribution in [1.82, 2.24) is 30.2 Å². The third kappa shape index (κ3) is 39.8. The second kappa shape index (κ2) is 50.9. The number of nitrogens with one attached hydrogen (secondary N) is 2. The molecular weight excluding hydrogens is 1340 g/mol. The first kappa shape index (κ1) is 91.7. The molecule has 4 atom stereocenters. The molecule has 4 rings (SSSR count). The number of rotatable bonds is 38. The van der Waals surface area contributed by atoms with Crippen molar-refractivity contribution in [1.29, 1.82) is 0 Å². The molecule has 26 nitrogen and oxygen atoms in total. The van der Waals surface area contributed by atoms with Crippen molar-refractivity contribution in [3.63, 3.8) is 0 Å². The summed E-state index contributed by atoms with van der Waals surface area (Å²) >= 11 is 0. The van der Waals surface area contributed by atoms with Gasteiger partial charge in [-0.3, -0.25) is 28.8 Å². The standard InChI is InChI=1S/C22H32N2O6.C22H32N2O5.C17H24N2O4.C17H24N2O3/c1-7-14-24(15-16-8-10-17(28-5)11-9-16)19(25)13-12-18(20(26)29-6)23-21(27)30-22(2,3)4;1-6-15-24(16-14-17-10-8-7-9-11-17)19(25)13-12-18(20(26)28-5)23-21(27)29-22(2,3)4;1-4-11-19(12-13-5-7-14(22-2)8-6-13)16(20)10-9-15(18)17(21)23-3;1-3-12-19(13-11-14-7-5-4-6-8-14)16(20)10-9-15(18)17(21)22-2/h7-11,18H,1,12-15H2,2-6H3,(H,23,27);6-11,18H,1,12-16H2,2-5H3,(H,23,27);4-8,15H,1,9-12,18H2,2-3H3;3-8,15H,1,9-13,18H2,2H3/t2*18-;2*15-/m0000/s1. The maximum atomic E-state index is 12.7. The van der Waals surface area contributed by atoms with Gasteiger partial charge in [-0.2, -0.15) is 0 Å². The van der Waals surface area contributed by atoms with Gasteiger partial charge in [-0.1, -0.05) is 109 Å². The van der Waals surface area contributed by atoms with E-state index in [4.69, 9.17) is 39.9 Å². The fraction of sp³-hybridized carbons (Fsp3) is 0.462. The highest BCUT2D eigenvalue weighted by Gasteiger charge is 2.29. The molecule has 0 bridgehead atoms. The van der Waals surface area contributed by atoms with E-state index in [-0.39, 0.29) is 75.0 Å². The van der Waals surface area contributed by atoms with E-state index in [2.05, 4.69) is 46.4 Å². The van der Waals surface area contributed by atoms with Crippen LogP contribution in [0.25, 0.3) is 0 Å². The number of ether oxygens (including phenoxy) is 8. The molecule has 0 fully saturated rings. The highest BCUT2D eigenvalue weighted by Crippen LogP contribution is 2.18. The molecule has 0 aliphatic rings. The molecule has 0 saturated carbocycles. The van der Waals surface area contributed by atoms with Crippen LogP contribution < -0.4 is 31.6 Å². The number of hydrogen-bond donors (Lipinski definition) is 4. The van der Waals surface area contributed by atoms with Crippen LogP contribution in [0.1, 0.15) is 115 Å². The van der Waals surface area contributed by atoms with Crippen LogP contribution in [-0.2, 0) is 92.7 Å². The van der Waals surface area contributed by atoms with Crippen LogP contribution in [0, 0.1) is 0 Å². The highest BCUT2D eigenvalue weighted by molar-refractivity contribution is 5.84. The number of benzene rings is 4. The lowest BCUT2D eigenvalue weighted by molar-refractivity contribution is -0.144. The predicted octanol–water partition coefficient (Wildman–Crippen LogP) is 9.16. The molecule has 4 aromatic carbocycles. The molecule has 0 aliphatic carbocycles. The molecule has 0 heterocycles. The number of carbonyl (C=O) groups excluding carboxylic acids is 10. The normalized spacial score (nSPS) is 11.7. The monoisotopic (exact) mass is 1450 g/mol. The third-order valence-electron chi connectivity index (χ3n) is 14.9. The zero-order valence-corrected chi connectivity index (χ0v) is 62.9. The van der Waals surface area contributed by atoms with E-state index in [1.165, 1.54) is 34.0 Å².